The molecular weight excluding hydrogens is 562 g/mol. The fraction of sp³-hybridized carbons (Fsp3) is 0.471. The van der Waals surface area contributed by atoms with Gasteiger partial charge in [-0.15, -0.1) is 11.3 Å². The predicted molar refractivity (Wildman–Crippen MR) is 169 cm³/mol. The average Bonchev–Trinajstić information content (AvgIpc) is 3.68. The van der Waals surface area contributed by atoms with Crippen molar-refractivity contribution < 1.29 is 24.1 Å². The number of morpholine rings is 1. The summed E-state index contributed by atoms with van der Waals surface area (Å²) in [6.45, 7) is 8.65. The van der Waals surface area contributed by atoms with Gasteiger partial charge in [0.05, 0.1) is 30.5 Å². The zero-order valence-electron chi connectivity index (χ0n) is 25.0. The summed E-state index contributed by atoms with van der Waals surface area (Å²) in [5.74, 6) is 0.00907. The second kappa shape index (κ2) is 13.3. The smallest absolute Gasteiger partial charge is 0.320 e. The monoisotopic (exact) mass is 603 g/mol. The van der Waals surface area contributed by atoms with Crippen LogP contribution in [0.25, 0.3) is 15.8 Å². The van der Waals surface area contributed by atoms with Crippen LogP contribution < -0.4 is 4.74 Å². The van der Waals surface area contributed by atoms with E-state index in [0.29, 0.717) is 19.6 Å². The summed E-state index contributed by atoms with van der Waals surface area (Å²) < 4.78 is 19.3. The predicted octanol–water partition coefficient (Wildman–Crippen LogP) is 5.58. The highest BCUT2D eigenvalue weighted by Gasteiger charge is 2.43. The molecular formula is C34H41N3O5S. The number of rotatable bonds is 11. The quantitative estimate of drug-likeness (QED) is 0.285. The first kappa shape index (κ1) is 30.0. The third-order valence-electron chi connectivity index (χ3n) is 9.05. The van der Waals surface area contributed by atoms with Gasteiger partial charge in [0.15, 0.2) is 0 Å². The molecule has 1 aromatic heterocycles. The van der Waals surface area contributed by atoms with Gasteiger partial charge in [0.1, 0.15) is 22.4 Å². The number of ether oxygens (including phenoxy) is 3. The van der Waals surface area contributed by atoms with E-state index in [2.05, 4.69) is 60.4 Å². The van der Waals surface area contributed by atoms with Crippen LogP contribution in [-0.4, -0.2) is 85.0 Å². The van der Waals surface area contributed by atoms with E-state index in [1.165, 1.54) is 11.1 Å². The summed E-state index contributed by atoms with van der Waals surface area (Å²) in [5.41, 5.74) is 3.54. The van der Waals surface area contributed by atoms with Crippen LogP contribution in [0.2, 0.25) is 0 Å². The molecule has 0 amide bonds. The van der Waals surface area contributed by atoms with E-state index < -0.39 is 17.6 Å². The van der Waals surface area contributed by atoms with Gasteiger partial charge in [-0.2, -0.15) is 0 Å². The van der Waals surface area contributed by atoms with E-state index in [4.69, 9.17) is 19.2 Å². The Labute approximate surface area is 257 Å². The summed E-state index contributed by atoms with van der Waals surface area (Å²) >= 11 is 1.66. The topological polar surface area (TPSA) is 84.4 Å². The molecule has 0 saturated carbocycles. The van der Waals surface area contributed by atoms with Crippen LogP contribution in [-0.2, 0) is 26.4 Å². The molecule has 0 radical (unpaired) electrons. The lowest BCUT2D eigenvalue weighted by Crippen LogP contribution is -2.39. The normalized spacial score (nSPS) is 24.8. The molecule has 6 rings (SSSR count). The molecule has 0 spiro atoms. The van der Waals surface area contributed by atoms with Crippen molar-refractivity contribution >= 4 is 33.1 Å². The Hall–Kier alpha value is -3.08. The Bertz CT molecular complexity index is 1480. The summed E-state index contributed by atoms with van der Waals surface area (Å²) in [6.07, 6.45) is 8.98. The fourth-order valence-electron chi connectivity index (χ4n) is 6.63. The van der Waals surface area contributed by atoms with Crippen LogP contribution in [0.4, 0.5) is 0 Å². The molecule has 3 aliphatic rings. The van der Waals surface area contributed by atoms with Crippen LogP contribution in [0.5, 0.6) is 5.75 Å². The molecule has 1 aliphatic carbocycles. The van der Waals surface area contributed by atoms with E-state index in [9.17, 15) is 9.90 Å². The maximum Gasteiger partial charge on any atom is 0.320 e. The summed E-state index contributed by atoms with van der Waals surface area (Å²) in [6, 6.07) is 14.2. The lowest BCUT2D eigenvalue weighted by molar-refractivity contribution is -0.142. The lowest BCUT2D eigenvalue weighted by atomic mass is 9.77. The number of carbonyl (C=O) groups is 1. The van der Waals surface area contributed by atoms with Gasteiger partial charge in [-0.05, 0) is 49.1 Å². The van der Waals surface area contributed by atoms with Crippen molar-refractivity contribution in [3.8, 4) is 5.75 Å². The number of likely N-dealkylation sites (tertiary alicyclic amines) is 1. The van der Waals surface area contributed by atoms with Crippen LogP contribution >= 0.6 is 11.3 Å². The molecule has 228 valence electrons. The first-order valence-corrected chi connectivity index (χ1v) is 16.1. The Morgan fingerprint density at radius 3 is 2.77 bits per heavy atom. The molecule has 9 heteroatoms. The first-order valence-electron chi connectivity index (χ1n) is 15.3. The van der Waals surface area contributed by atoms with Crippen molar-refractivity contribution in [2.75, 3.05) is 53.1 Å². The summed E-state index contributed by atoms with van der Waals surface area (Å²) in [5, 5.41) is 10.6. The number of hydrogen-bond acceptors (Lipinski definition) is 8. The number of carboxylic acid groups (broad SMARTS) is 1. The Morgan fingerprint density at radius 2 is 2.00 bits per heavy atom. The van der Waals surface area contributed by atoms with Crippen LogP contribution in [0.15, 0.2) is 60.7 Å². The zero-order chi connectivity index (χ0) is 29.8. The van der Waals surface area contributed by atoms with Gasteiger partial charge < -0.3 is 19.3 Å². The van der Waals surface area contributed by atoms with Crippen LogP contribution in [0, 0.1) is 5.92 Å². The lowest BCUT2D eigenvalue weighted by Gasteiger charge is -2.38. The van der Waals surface area contributed by atoms with Gasteiger partial charge in [0.2, 0.25) is 0 Å². The van der Waals surface area contributed by atoms with Gasteiger partial charge in [-0.3, -0.25) is 14.6 Å². The number of aliphatic carboxylic acids is 1. The molecule has 3 atom stereocenters. The van der Waals surface area contributed by atoms with Gasteiger partial charge in [0.25, 0.3) is 0 Å². The molecule has 43 heavy (non-hydrogen) atoms. The zero-order valence-corrected chi connectivity index (χ0v) is 25.9. The molecule has 1 N–H and O–H groups in total. The number of nitrogens with zero attached hydrogens (tertiary/aromatic N) is 3. The van der Waals surface area contributed by atoms with E-state index >= 15 is 0 Å². The third kappa shape index (κ3) is 6.28. The maximum absolute atomic E-state index is 11.8. The highest BCUT2D eigenvalue weighted by atomic mass is 32.1. The number of thiazole rings is 1. The van der Waals surface area contributed by atoms with Crippen molar-refractivity contribution in [3.63, 3.8) is 0 Å². The number of benzene rings is 2. The average molecular weight is 604 g/mol. The van der Waals surface area contributed by atoms with Crippen molar-refractivity contribution in [2.24, 2.45) is 5.92 Å². The Balaban J connectivity index is 1.31. The van der Waals surface area contributed by atoms with Gasteiger partial charge in [-0.1, -0.05) is 49.4 Å². The SMILES string of the molecule is COc1cc2nc(C3(OCCCN4CCOCC4)C=CC=C(c4ccccc4)C3C)sc2cc1CN1CCC[C@H]1C(=O)O. The first-order chi connectivity index (χ1) is 21.0. The summed E-state index contributed by atoms with van der Waals surface area (Å²) in [7, 11) is 1.67. The highest BCUT2D eigenvalue weighted by molar-refractivity contribution is 7.18. The largest absolute Gasteiger partial charge is 0.496 e. The maximum atomic E-state index is 11.8. The van der Waals surface area contributed by atoms with Crippen molar-refractivity contribution in [1.29, 1.82) is 0 Å². The van der Waals surface area contributed by atoms with Gasteiger partial charge >= 0.3 is 5.97 Å². The van der Waals surface area contributed by atoms with Crippen LogP contribution in [0.1, 0.15) is 42.3 Å². The second-order valence-electron chi connectivity index (χ2n) is 11.6. The minimum Gasteiger partial charge on any atom is -0.496 e. The molecule has 0 bridgehead atoms. The molecule has 2 fully saturated rings. The Morgan fingerprint density at radius 1 is 1.19 bits per heavy atom. The standard InChI is InChI=1S/C34H41N3O5S/c1-24-27(25-9-4-3-5-10-25)11-6-13-34(24,42-18-8-14-36-16-19-41-20-17-36)33-35-28-22-30(40-2)26(21-31(28)43-33)23-37-15-7-12-29(37)32(38)39/h3-6,9-11,13,21-22,24,29H,7-8,12,14-20,23H2,1-2H3,(H,38,39)/t24?,29-,34?/m0/s1. The van der Waals surface area contributed by atoms with E-state index in [0.717, 1.165) is 78.8 Å². The fourth-order valence-corrected chi connectivity index (χ4v) is 7.85. The molecule has 2 unspecified atom stereocenters. The molecule has 8 nitrogen and oxygen atoms in total. The number of allylic oxidation sites excluding steroid dienone is 2. The number of fused-ring (bicyclic) bond motifs is 1. The highest BCUT2D eigenvalue weighted by Crippen LogP contribution is 2.48. The third-order valence-corrected chi connectivity index (χ3v) is 10.2. The molecule has 3 aromatic rings. The van der Waals surface area contributed by atoms with E-state index in [-0.39, 0.29) is 5.92 Å². The van der Waals surface area contributed by atoms with Crippen LogP contribution in [0.3, 0.4) is 0 Å². The Kier molecular flexibility index (Phi) is 9.25. The molecule has 2 aromatic carbocycles. The summed E-state index contributed by atoms with van der Waals surface area (Å²) in [4.78, 5) is 21.5. The number of carboxylic acids is 1. The van der Waals surface area contributed by atoms with Gasteiger partial charge in [-0.25, -0.2) is 4.98 Å². The van der Waals surface area contributed by atoms with Crippen molar-refractivity contribution in [1.82, 2.24) is 14.8 Å². The number of methoxy groups -OCH3 is 1. The molecule has 2 aliphatic heterocycles. The molecule has 2 saturated heterocycles. The van der Waals surface area contributed by atoms with E-state index in [1.807, 2.05) is 17.0 Å². The second-order valence-corrected chi connectivity index (χ2v) is 12.7. The minimum atomic E-state index is -0.759. The number of hydrogen-bond donors (Lipinski definition) is 1. The van der Waals surface area contributed by atoms with Gasteiger partial charge in [0, 0.05) is 50.3 Å². The molecule has 3 heterocycles. The van der Waals surface area contributed by atoms with Crippen molar-refractivity contribution in [2.45, 2.75) is 44.4 Å². The van der Waals surface area contributed by atoms with Crippen molar-refractivity contribution in [3.05, 3.63) is 76.8 Å². The van der Waals surface area contributed by atoms with E-state index in [1.54, 1.807) is 18.4 Å². The number of aromatic nitrogens is 1. The minimum absolute atomic E-state index is 0.0335.